The molecule has 1 heterocycles. The number of hydrogen-bond acceptors (Lipinski definition) is 6. The van der Waals surface area contributed by atoms with Crippen LogP contribution in [-0.2, 0) is 23.8 Å². The van der Waals surface area contributed by atoms with Crippen LogP contribution in [0.3, 0.4) is 0 Å². The van der Waals surface area contributed by atoms with E-state index in [0.717, 1.165) is 16.9 Å². The molecular weight excluding hydrogens is 535 g/mol. The van der Waals surface area contributed by atoms with Crippen LogP contribution in [0.15, 0.2) is 59.2 Å². The van der Waals surface area contributed by atoms with Gasteiger partial charge in [-0.3, -0.25) is 9.59 Å². The zero-order valence-electron chi connectivity index (χ0n) is 19.7. The molecule has 0 amide bonds. The van der Waals surface area contributed by atoms with Crippen molar-refractivity contribution in [2.75, 3.05) is 7.11 Å². The Kier molecular flexibility index (Phi) is 10.3. The van der Waals surface area contributed by atoms with E-state index in [1.54, 1.807) is 19.3 Å². The van der Waals surface area contributed by atoms with E-state index in [1.165, 1.54) is 0 Å². The van der Waals surface area contributed by atoms with E-state index in [4.69, 9.17) is 18.9 Å². The first kappa shape index (κ1) is 27.3. The second-order valence-corrected chi connectivity index (χ2v) is 9.02. The quantitative estimate of drug-likeness (QED) is 0.136. The van der Waals surface area contributed by atoms with Crippen molar-refractivity contribution in [1.29, 1.82) is 0 Å². The van der Waals surface area contributed by atoms with E-state index < -0.39 is 30.1 Å². The van der Waals surface area contributed by atoms with Gasteiger partial charge in [-0.2, -0.15) is 0 Å². The first-order valence-corrected chi connectivity index (χ1v) is 12.1. The van der Waals surface area contributed by atoms with Crippen molar-refractivity contribution >= 4 is 34.3 Å². The molecule has 5 atom stereocenters. The van der Waals surface area contributed by atoms with Crippen LogP contribution in [0.25, 0.3) is 0 Å². The summed E-state index contributed by atoms with van der Waals surface area (Å²) in [6, 6.07) is 7.43. The van der Waals surface area contributed by atoms with E-state index in [-0.39, 0.29) is 24.5 Å². The molecule has 0 aromatic heterocycles. The van der Waals surface area contributed by atoms with Gasteiger partial charge in [-0.05, 0) is 42.1 Å². The minimum atomic E-state index is -0.744. The van der Waals surface area contributed by atoms with Crippen LogP contribution in [0.1, 0.15) is 51.9 Å². The maximum absolute atomic E-state index is 12.6. The molecule has 1 aromatic rings. The van der Waals surface area contributed by atoms with Gasteiger partial charge in [0.15, 0.2) is 6.29 Å². The third-order valence-corrected chi connectivity index (χ3v) is 6.80. The zero-order chi connectivity index (χ0) is 24.6. The normalized spacial score (nSPS) is 24.6. The molecule has 1 saturated heterocycles. The molecule has 6 nitrogen and oxygen atoms in total. The minimum Gasteiger partial charge on any atom is -0.497 e. The molecule has 1 fully saturated rings. The summed E-state index contributed by atoms with van der Waals surface area (Å²) in [5, 5.41) is 0. The van der Waals surface area contributed by atoms with Gasteiger partial charge in [0.25, 0.3) is 0 Å². The maximum Gasteiger partial charge on any atom is 0.313 e. The largest absolute Gasteiger partial charge is 0.497 e. The number of rotatable bonds is 12. The Bertz CT molecular complexity index is 877. The number of methoxy groups -OCH3 is 1. The predicted octanol–water partition coefficient (Wildman–Crippen LogP) is 5.87. The fraction of sp³-hybridized carbons (Fsp3) is 0.462. The average molecular weight is 568 g/mol. The molecule has 7 heteroatoms. The van der Waals surface area contributed by atoms with Crippen molar-refractivity contribution in [2.45, 2.75) is 64.1 Å². The fourth-order valence-electron chi connectivity index (χ4n) is 3.65. The summed E-state index contributed by atoms with van der Waals surface area (Å²) in [6.45, 7) is 13.3. The van der Waals surface area contributed by atoms with Crippen LogP contribution < -0.4 is 4.74 Å². The highest BCUT2D eigenvalue weighted by Crippen LogP contribution is 2.41. The zero-order valence-corrected chi connectivity index (χ0v) is 21.9. The van der Waals surface area contributed by atoms with Crippen LogP contribution in [0.4, 0.5) is 0 Å². The summed E-state index contributed by atoms with van der Waals surface area (Å²) in [6.07, 6.45) is 2.29. The highest BCUT2D eigenvalue weighted by atomic mass is 127. The number of carbonyl (C=O) groups excluding carboxylic acids is 2. The van der Waals surface area contributed by atoms with Gasteiger partial charge in [0.05, 0.1) is 12.7 Å². The van der Waals surface area contributed by atoms with E-state index >= 15 is 0 Å². The molecule has 33 heavy (non-hydrogen) atoms. The Hall–Kier alpha value is -1.97. The number of ketones is 1. The van der Waals surface area contributed by atoms with Crippen LogP contribution in [-0.4, -0.2) is 36.7 Å². The summed E-state index contributed by atoms with van der Waals surface area (Å²) in [4.78, 5) is 25.0. The summed E-state index contributed by atoms with van der Waals surface area (Å²) in [5.74, 6) is -0.0597. The second-order valence-electron chi connectivity index (χ2n) is 8.40. The van der Waals surface area contributed by atoms with Crippen molar-refractivity contribution < 1.29 is 28.5 Å². The Morgan fingerprint density at radius 2 is 1.94 bits per heavy atom. The molecule has 2 rings (SSSR count). The third-order valence-electron chi connectivity index (χ3n) is 5.82. The average Bonchev–Trinajstić information content (AvgIpc) is 3.17. The van der Waals surface area contributed by atoms with Crippen molar-refractivity contribution in [3.63, 3.8) is 0 Å². The lowest BCUT2D eigenvalue weighted by Crippen LogP contribution is -2.36. The van der Waals surface area contributed by atoms with Gasteiger partial charge in [0, 0.05) is 17.9 Å². The highest BCUT2D eigenvalue weighted by Gasteiger charge is 2.45. The Morgan fingerprint density at radius 1 is 1.27 bits per heavy atom. The standard InChI is InChI=1S/C26H33IO6/c1-7-17(3)24(18(4)16-27)32-23(29)15-20(28)13-14-26(5)22(8-2)31-25(33-26)19-9-11-21(30-6)12-10-19/h7-12,16-17,22,24-25H,1-2,13-15H2,3-6H3/b18-16+/t17-,22-,24-,25?,26+/m0/s1. The van der Waals surface area contributed by atoms with Crippen LogP contribution in [0, 0.1) is 5.92 Å². The van der Waals surface area contributed by atoms with Crippen molar-refractivity contribution in [3.05, 3.63) is 64.8 Å². The molecule has 1 unspecified atom stereocenters. The number of halogens is 1. The lowest BCUT2D eigenvalue weighted by atomic mass is 9.92. The van der Waals surface area contributed by atoms with Gasteiger partial charge >= 0.3 is 5.97 Å². The smallest absolute Gasteiger partial charge is 0.313 e. The van der Waals surface area contributed by atoms with Crippen molar-refractivity contribution in [3.8, 4) is 5.75 Å². The number of Topliss-reactive ketones (excluding diaryl/α,β-unsaturated/α-hetero) is 1. The molecule has 0 radical (unpaired) electrons. The fourth-order valence-corrected chi connectivity index (χ4v) is 4.01. The monoisotopic (exact) mass is 568 g/mol. The Morgan fingerprint density at radius 3 is 2.48 bits per heavy atom. The lowest BCUT2D eigenvalue weighted by molar-refractivity contribution is -0.151. The molecule has 0 aliphatic carbocycles. The molecule has 1 aliphatic heterocycles. The van der Waals surface area contributed by atoms with E-state index in [9.17, 15) is 9.59 Å². The topological polar surface area (TPSA) is 71.1 Å². The molecule has 0 spiro atoms. The van der Waals surface area contributed by atoms with E-state index in [2.05, 4.69) is 35.7 Å². The molecule has 0 bridgehead atoms. The second kappa shape index (κ2) is 12.5. The molecule has 0 saturated carbocycles. The first-order chi connectivity index (χ1) is 15.7. The van der Waals surface area contributed by atoms with Gasteiger partial charge in [-0.25, -0.2) is 0 Å². The van der Waals surface area contributed by atoms with Gasteiger partial charge in [0.2, 0.25) is 0 Å². The molecular formula is C26H33IO6. The number of hydrogen-bond donors (Lipinski definition) is 0. The number of benzene rings is 1. The maximum atomic E-state index is 12.6. The third kappa shape index (κ3) is 7.25. The van der Waals surface area contributed by atoms with Gasteiger partial charge in [-0.15, -0.1) is 13.2 Å². The highest BCUT2D eigenvalue weighted by molar-refractivity contribution is 14.1. The van der Waals surface area contributed by atoms with Crippen molar-refractivity contribution in [2.24, 2.45) is 5.92 Å². The summed E-state index contributed by atoms with van der Waals surface area (Å²) < 4.78 is 24.9. The predicted molar refractivity (Wildman–Crippen MR) is 136 cm³/mol. The number of carbonyl (C=O) groups is 2. The van der Waals surface area contributed by atoms with Crippen molar-refractivity contribution in [1.82, 2.24) is 0 Å². The molecule has 1 aromatic carbocycles. The SMILES string of the molecule is C=C[C@@H]1OC(c2ccc(OC)cc2)O[C@]1(C)CCC(=O)CC(=O)O[C@H](/C(C)=C/I)[C@@H](C)C=C. The summed E-state index contributed by atoms with van der Waals surface area (Å²) in [5.41, 5.74) is 1.01. The minimum absolute atomic E-state index is 0.0544. The Balaban J connectivity index is 1.96. The van der Waals surface area contributed by atoms with Crippen LogP contribution >= 0.6 is 22.6 Å². The number of ether oxygens (including phenoxy) is 4. The van der Waals surface area contributed by atoms with Gasteiger partial charge in [-0.1, -0.05) is 53.8 Å². The summed E-state index contributed by atoms with van der Waals surface area (Å²) >= 11 is 2.11. The van der Waals surface area contributed by atoms with E-state index in [0.29, 0.717) is 6.42 Å². The molecule has 1 aliphatic rings. The van der Waals surface area contributed by atoms with E-state index in [1.807, 2.05) is 49.1 Å². The van der Waals surface area contributed by atoms with Crippen LogP contribution in [0.5, 0.6) is 5.75 Å². The lowest BCUT2D eigenvalue weighted by Gasteiger charge is -2.26. The molecule has 0 N–H and O–H groups in total. The van der Waals surface area contributed by atoms with Gasteiger partial charge in [0.1, 0.15) is 30.2 Å². The number of esters is 1. The molecule has 180 valence electrons. The summed E-state index contributed by atoms with van der Waals surface area (Å²) in [7, 11) is 1.61. The Labute approximate surface area is 210 Å². The first-order valence-electron chi connectivity index (χ1n) is 10.9. The van der Waals surface area contributed by atoms with Crippen LogP contribution in [0.2, 0.25) is 0 Å². The van der Waals surface area contributed by atoms with Gasteiger partial charge < -0.3 is 18.9 Å².